The molecule has 3 nitrogen and oxygen atoms in total. The molecule has 0 spiro atoms. The van der Waals surface area contributed by atoms with Gasteiger partial charge >= 0.3 is 5.97 Å². The fourth-order valence-electron chi connectivity index (χ4n) is 3.60. The van der Waals surface area contributed by atoms with Gasteiger partial charge in [0.1, 0.15) is 6.10 Å². The smallest absolute Gasteiger partial charge is 0.293 e. The summed E-state index contributed by atoms with van der Waals surface area (Å²) in [6.07, 6.45) is 3.05. The van der Waals surface area contributed by atoms with Crippen LogP contribution in [0.4, 0.5) is 0 Å². The molecule has 0 N–H and O–H groups in total. The predicted molar refractivity (Wildman–Crippen MR) is 92.2 cm³/mol. The van der Waals surface area contributed by atoms with E-state index in [1.165, 1.54) is 12.0 Å². The highest BCUT2D eigenvalue weighted by Crippen LogP contribution is 2.39. The first-order valence-corrected chi connectivity index (χ1v) is 8.55. The first-order valence-electron chi connectivity index (χ1n) is 8.55. The third-order valence-corrected chi connectivity index (χ3v) is 4.59. The Hall–Kier alpha value is -1.35. The second kappa shape index (κ2) is 6.64. The Bertz CT molecular complexity index is 537. The van der Waals surface area contributed by atoms with Gasteiger partial charge in [-0.05, 0) is 53.7 Å². The zero-order valence-corrected chi connectivity index (χ0v) is 15.3. The normalized spacial score (nSPS) is 24.3. The van der Waals surface area contributed by atoms with E-state index in [2.05, 4.69) is 41.5 Å². The average Bonchev–Trinajstić information content (AvgIpc) is 2.42. The number of hydrogen-bond donors (Lipinski definition) is 0. The fraction of sp³-hybridized carbons (Fsp3) is 0.650. The van der Waals surface area contributed by atoms with E-state index in [0.29, 0.717) is 11.5 Å². The van der Waals surface area contributed by atoms with Gasteiger partial charge in [-0.2, -0.15) is 4.89 Å². The highest BCUT2D eigenvalue weighted by Gasteiger charge is 2.33. The molecular formula is C20H30O3. The summed E-state index contributed by atoms with van der Waals surface area (Å²) in [6.45, 7) is 13.2. The Kier molecular flexibility index (Phi) is 5.20. The van der Waals surface area contributed by atoms with E-state index < -0.39 is 5.97 Å². The van der Waals surface area contributed by atoms with Crippen molar-refractivity contribution in [1.82, 2.24) is 0 Å². The van der Waals surface area contributed by atoms with Crippen molar-refractivity contribution in [1.29, 1.82) is 0 Å². The summed E-state index contributed by atoms with van der Waals surface area (Å²) >= 11 is 0. The van der Waals surface area contributed by atoms with Gasteiger partial charge in [0, 0.05) is 0 Å². The highest BCUT2D eigenvalue weighted by atomic mass is 17.2. The second-order valence-electron chi connectivity index (χ2n) is 8.83. The molecule has 0 aliphatic heterocycles. The quantitative estimate of drug-likeness (QED) is 0.561. The summed E-state index contributed by atoms with van der Waals surface area (Å²) < 4.78 is 0. The number of benzene rings is 1. The van der Waals surface area contributed by atoms with Crippen LogP contribution in [0.5, 0.6) is 0 Å². The van der Waals surface area contributed by atoms with E-state index in [4.69, 9.17) is 9.78 Å². The van der Waals surface area contributed by atoms with Crippen LogP contribution in [-0.4, -0.2) is 12.1 Å². The minimum Gasteiger partial charge on any atom is -0.293 e. The van der Waals surface area contributed by atoms with E-state index in [9.17, 15) is 4.79 Å². The molecule has 1 fully saturated rings. The molecule has 1 aromatic rings. The molecule has 1 aliphatic rings. The van der Waals surface area contributed by atoms with Gasteiger partial charge in [-0.1, -0.05) is 53.7 Å². The molecule has 0 saturated heterocycles. The van der Waals surface area contributed by atoms with Crippen LogP contribution in [0.25, 0.3) is 0 Å². The average molecular weight is 318 g/mol. The molecule has 3 heteroatoms. The monoisotopic (exact) mass is 318 g/mol. The van der Waals surface area contributed by atoms with Gasteiger partial charge < -0.3 is 0 Å². The van der Waals surface area contributed by atoms with E-state index in [0.717, 1.165) is 12.8 Å². The molecule has 1 aliphatic carbocycles. The van der Waals surface area contributed by atoms with E-state index in [1.54, 1.807) is 12.1 Å². The Morgan fingerprint density at radius 2 is 1.74 bits per heavy atom. The van der Waals surface area contributed by atoms with Gasteiger partial charge in [-0.3, -0.25) is 4.89 Å². The molecule has 128 valence electrons. The summed E-state index contributed by atoms with van der Waals surface area (Å²) in [5.41, 5.74) is 2.03. The summed E-state index contributed by atoms with van der Waals surface area (Å²) in [6, 6.07) is 7.56. The zero-order valence-electron chi connectivity index (χ0n) is 15.3. The van der Waals surface area contributed by atoms with Crippen molar-refractivity contribution < 1.29 is 14.6 Å². The molecule has 0 heterocycles. The van der Waals surface area contributed by atoms with Crippen LogP contribution in [0.2, 0.25) is 0 Å². The standard InChI is InChI=1S/C20H30O3/c1-14-11-17(13-20(5,6)12-14)22-23-18(21)15-7-9-16(10-8-15)19(2,3)4/h7-10,14,17H,11-13H2,1-6H3. The molecule has 1 aromatic carbocycles. The molecular weight excluding hydrogens is 288 g/mol. The molecule has 2 atom stereocenters. The van der Waals surface area contributed by atoms with Gasteiger partial charge in [0.2, 0.25) is 0 Å². The highest BCUT2D eigenvalue weighted by molar-refractivity contribution is 5.88. The van der Waals surface area contributed by atoms with Crippen LogP contribution in [0.1, 0.15) is 76.7 Å². The number of carbonyl (C=O) groups excluding carboxylic acids is 1. The van der Waals surface area contributed by atoms with Gasteiger partial charge in [0.15, 0.2) is 0 Å². The van der Waals surface area contributed by atoms with Crippen LogP contribution < -0.4 is 0 Å². The van der Waals surface area contributed by atoms with Crippen molar-refractivity contribution in [3.63, 3.8) is 0 Å². The Morgan fingerprint density at radius 3 is 2.26 bits per heavy atom. The topological polar surface area (TPSA) is 35.5 Å². The van der Waals surface area contributed by atoms with Gasteiger partial charge in [0.05, 0.1) is 5.56 Å². The summed E-state index contributed by atoms with van der Waals surface area (Å²) in [5, 5.41) is 0. The molecule has 1 saturated carbocycles. The largest absolute Gasteiger partial charge is 0.373 e. The Balaban J connectivity index is 1.92. The maximum Gasteiger partial charge on any atom is 0.373 e. The minimum absolute atomic E-state index is 0.00783. The van der Waals surface area contributed by atoms with Crippen LogP contribution >= 0.6 is 0 Å². The second-order valence-corrected chi connectivity index (χ2v) is 8.83. The number of hydrogen-bond acceptors (Lipinski definition) is 3. The minimum atomic E-state index is -0.415. The lowest BCUT2D eigenvalue weighted by Gasteiger charge is -2.37. The van der Waals surface area contributed by atoms with Crippen molar-refractivity contribution in [2.75, 3.05) is 0 Å². The van der Waals surface area contributed by atoms with Crippen molar-refractivity contribution in [3.8, 4) is 0 Å². The molecule has 2 unspecified atom stereocenters. The summed E-state index contributed by atoms with van der Waals surface area (Å²) in [4.78, 5) is 22.7. The van der Waals surface area contributed by atoms with Crippen molar-refractivity contribution in [3.05, 3.63) is 35.4 Å². The number of carbonyl (C=O) groups is 1. The Labute approximate surface area is 140 Å². The van der Waals surface area contributed by atoms with Crippen molar-refractivity contribution in [2.45, 2.75) is 72.3 Å². The zero-order chi connectivity index (χ0) is 17.3. The van der Waals surface area contributed by atoms with E-state index in [-0.39, 0.29) is 16.9 Å². The summed E-state index contributed by atoms with van der Waals surface area (Å²) in [7, 11) is 0. The third-order valence-electron chi connectivity index (χ3n) is 4.59. The SMILES string of the molecule is CC1CC(OOC(=O)c2ccc(C(C)(C)C)cc2)CC(C)(C)C1. The number of rotatable bonds is 3. The molecule has 0 amide bonds. The van der Waals surface area contributed by atoms with E-state index >= 15 is 0 Å². The fourth-order valence-corrected chi connectivity index (χ4v) is 3.60. The molecule has 0 bridgehead atoms. The third kappa shape index (κ3) is 5.07. The van der Waals surface area contributed by atoms with Crippen LogP contribution in [0, 0.1) is 11.3 Å². The van der Waals surface area contributed by atoms with Gasteiger partial charge in [-0.15, -0.1) is 0 Å². The summed E-state index contributed by atoms with van der Waals surface area (Å²) in [5.74, 6) is 0.176. The van der Waals surface area contributed by atoms with Crippen LogP contribution in [0.15, 0.2) is 24.3 Å². The van der Waals surface area contributed by atoms with Crippen molar-refractivity contribution >= 4 is 5.97 Å². The maximum atomic E-state index is 12.1. The van der Waals surface area contributed by atoms with Gasteiger partial charge in [-0.25, -0.2) is 4.79 Å². The van der Waals surface area contributed by atoms with Crippen LogP contribution in [0.3, 0.4) is 0 Å². The molecule has 2 rings (SSSR count). The lowest BCUT2D eigenvalue weighted by molar-refractivity contribution is -0.287. The lowest BCUT2D eigenvalue weighted by Crippen LogP contribution is -2.33. The van der Waals surface area contributed by atoms with Gasteiger partial charge in [0.25, 0.3) is 0 Å². The van der Waals surface area contributed by atoms with E-state index in [1.807, 2.05) is 12.1 Å². The molecule has 0 aromatic heterocycles. The lowest BCUT2D eigenvalue weighted by atomic mass is 9.71. The molecule has 23 heavy (non-hydrogen) atoms. The van der Waals surface area contributed by atoms with Crippen LogP contribution in [-0.2, 0) is 15.2 Å². The Morgan fingerprint density at radius 1 is 1.13 bits per heavy atom. The first-order chi connectivity index (χ1) is 10.6. The molecule has 0 radical (unpaired) electrons. The predicted octanol–water partition coefficient (Wildman–Crippen LogP) is 5.29. The first kappa shape index (κ1) is 18.0. The maximum absolute atomic E-state index is 12.1. The van der Waals surface area contributed by atoms with Crippen molar-refractivity contribution in [2.24, 2.45) is 11.3 Å².